The molecule has 10 heteroatoms. The van der Waals surface area contributed by atoms with Crippen molar-refractivity contribution in [3.63, 3.8) is 0 Å². The number of hydrogen-bond donors (Lipinski definition) is 2. The maximum atomic E-state index is 12.9. The Hall–Kier alpha value is -3.40. The lowest BCUT2D eigenvalue weighted by Gasteiger charge is -2.24. The number of carboxylic acids is 1. The maximum absolute atomic E-state index is 12.9. The highest BCUT2D eigenvalue weighted by atomic mass is 32.2. The van der Waals surface area contributed by atoms with E-state index in [1.165, 1.54) is 9.47 Å². The van der Waals surface area contributed by atoms with Crippen LogP contribution in [0.3, 0.4) is 0 Å². The molecule has 0 spiro atoms. The highest BCUT2D eigenvalue weighted by Gasteiger charge is 2.28. The topological polar surface area (TPSA) is 130 Å². The van der Waals surface area contributed by atoms with Crippen LogP contribution in [0.1, 0.15) is 24.0 Å². The first-order valence-electron chi connectivity index (χ1n) is 9.58. The Labute approximate surface area is 177 Å². The van der Waals surface area contributed by atoms with Gasteiger partial charge in [-0.3, -0.25) is 14.4 Å². The molecule has 0 unspecified atom stereocenters. The van der Waals surface area contributed by atoms with Gasteiger partial charge in [-0.05, 0) is 23.3 Å². The van der Waals surface area contributed by atoms with Crippen LogP contribution in [-0.2, 0) is 38.8 Å². The summed E-state index contributed by atoms with van der Waals surface area (Å²) in [5.74, 6) is -1.60. The molecule has 1 aromatic carbocycles. The molecule has 0 fully saturated rings. The van der Waals surface area contributed by atoms with Crippen molar-refractivity contribution in [2.75, 3.05) is 11.2 Å². The average Bonchev–Trinajstić information content (AvgIpc) is 3.04. The normalized spacial score (nSPS) is 13.2. The van der Waals surface area contributed by atoms with Gasteiger partial charge in [0.05, 0.1) is 24.4 Å². The predicted octanol–water partition coefficient (Wildman–Crippen LogP) is 1.79. The third-order valence-corrected chi connectivity index (χ3v) is 6.20. The highest BCUT2D eigenvalue weighted by Crippen LogP contribution is 2.41. The Morgan fingerprint density at radius 1 is 1.19 bits per heavy atom. The first-order valence-corrected chi connectivity index (χ1v) is 11.6. The molecule has 9 nitrogen and oxygen atoms in total. The zero-order valence-electron chi connectivity index (χ0n) is 17.0. The van der Waals surface area contributed by atoms with Gasteiger partial charge in [0.1, 0.15) is 5.52 Å². The molecule has 0 aliphatic carbocycles. The van der Waals surface area contributed by atoms with E-state index in [9.17, 15) is 22.8 Å². The summed E-state index contributed by atoms with van der Waals surface area (Å²) in [4.78, 5) is 41.0. The number of aryl methyl sites for hydroxylation is 1. The highest BCUT2D eigenvalue weighted by molar-refractivity contribution is 7.89. The average molecular weight is 443 g/mol. The Balaban J connectivity index is 1.96. The summed E-state index contributed by atoms with van der Waals surface area (Å²) in [6.07, 6.45) is 4.03. The maximum Gasteiger partial charge on any atom is 0.303 e. The van der Waals surface area contributed by atoms with Gasteiger partial charge in [0.25, 0.3) is 5.56 Å². The lowest BCUT2D eigenvalue weighted by atomic mass is 9.99. The lowest BCUT2D eigenvalue weighted by molar-refractivity contribution is -0.138. The van der Waals surface area contributed by atoms with Crippen molar-refractivity contribution < 1.29 is 23.1 Å². The summed E-state index contributed by atoms with van der Waals surface area (Å²) >= 11 is 0. The standard InChI is InChI=1S/C21H21N3O6S/c1-23-10-15-14-7-12(11-31(2,29)30)3-4-16(14)24(17(25)5-6-18(26)27)9-13-8-22-20(19(13)15)21(23)28/h3-4,7-8,10,22H,5-6,9,11H2,1-2H3,(H,26,27). The molecular weight excluding hydrogens is 422 g/mol. The molecule has 0 atom stereocenters. The van der Waals surface area contributed by atoms with Crippen molar-refractivity contribution in [2.45, 2.75) is 25.1 Å². The van der Waals surface area contributed by atoms with E-state index in [4.69, 9.17) is 5.11 Å². The third-order valence-electron chi connectivity index (χ3n) is 5.34. The van der Waals surface area contributed by atoms with Gasteiger partial charge in [-0.25, -0.2) is 8.42 Å². The molecule has 162 valence electrons. The number of carboxylic acid groups (broad SMARTS) is 1. The molecule has 1 amide bonds. The number of amides is 1. The van der Waals surface area contributed by atoms with E-state index in [0.29, 0.717) is 33.3 Å². The Bertz CT molecular complexity index is 1400. The van der Waals surface area contributed by atoms with E-state index >= 15 is 0 Å². The van der Waals surface area contributed by atoms with Gasteiger partial charge in [0.15, 0.2) is 9.84 Å². The van der Waals surface area contributed by atoms with Crippen LogP contribution in [-0.4, -0.2) is 41.2 Å². The fourth-order valence-electron chi connectivity index (χ4n) is 4.02. The van der Waals surface area contributed by atoms with Crippen molar-refractivity contribution in [1.29, 1.82) is 0 Å². The summed E-state index contributed by atoms with van der Waals surface area (Å²) in [5, 5.41) is 9.65. The van der Waals surface area contributed by atoms with Crippen molar-refractivity contribution in [3.8, 4) is 11.1 Å². The number of pyridine rings is 1. The zero-order chi connectivity index (χ0) is 22.5. The van der Waals surface area contributed by atoms with Crippen molar-refractivity contribution in [1.82, 2.24) is 9.55 Å². The van der Waals surface area contributed by atoms with Crippen LogP contribution < -0.4 is 10.5 Å². The molecule has 4 rings (SSSR count). The molecular formula is C21H21N3O6S. The Morgan fingerprint density at radius 3 is 2.61 bits per heavy atom. The Morgan fingerprint density at radius 2 is 1.94 bits per heavy atom. The van der Waals surface area contributed by atoms with Gasteiger partial charge in [-0.1, -0.05) is 6.07 Å². The summed E-state index contributed by atoms with van der Waals surface area (Å²) in [6, 6.07) is 5.05. The monoisotopic (exact) mass is 443 g/mol. The van der Waals surface area contributed by atoms with Crippen molar-refractivity contribution in [2.24, 2.45) is 7.05 Å². The van der Waals surface area contributed by atoms with Crippen molar-refractivity contribution >= 4 is 38.3 Å². The molecule has 2 N–H and O–H groups in total. The Kier molecular flexibility index (Phi) is 4.97. The summed E-state index contributed by atoms with van der Waals surface area (Å²) in [5.41, 5.74) is 3.33. The molecule has 2 aromatic heterocycles. The number of aromatic amines is 1. The molecule has 3 heterocycles. The number of benzene rings is 1. The van der Waals surface area contributed by atoms with Gasteiger partial charge in [0, 0.05) is 48.6 Å². The lowest BCUT2D eigenvalue weighted by Crippen LogP contribution is -2.30. The number of carbonyl (C=O) groups is 2. The molecule has 0 radical (unpaired) electrons. The van der Waals surface area contributed by atoms with Gasteiger partial charge >= 0.3 is 5.97 Å². The van der Waals surface area contributed by atoms with Crippen molar-refractivity contribution in [3.05, 3.63) is 52.1 Å². The number of carbonyl (C=O) groups excluding carboxylic acids is 1. The minimum atomic E-state index is -3.28. The van der Waals surface area contributed by atoms with E-state index < -0.39 is 15.8 Å². The number of hydrogen-bond acceptors (Lipinski definition) is 5. The van der Waals surface area contributed by atoms with Crippen LogP contribution in [0.15, 0.2) is 35.4 Å². The van der Waals surface area contributed by atoms with Crippen LogP contribution in [0, 0.1) is 0 Å². The van der Waals surface area contributed by atoms with Crippen LogP contribution in [0.25, 0.3) is 22.0 Å². The number of nitrogens with one attached hydrogen (secondary N) is 1. The molecule has 0 saturated heterocycles. The molecule has 3 aromatic rings. The number of sulfone groups is 1. The van der Waals surface area contributed by atoms with Gasteiger partial charge < -0.3 is 19.6 Å². The largest absolute Gasteiger partial charge is 0.481 e. The molecule has 0 saturated carbocycles. The van der Waals surface area contributed by atoms with E-state index in [1.807, 2.05) is 0 Å². The number of nitrogens with zero attached hydrogens (tertiary/aromatic N) is 2. The third kappa shape index (κ3) is 3.86. The second-order valence-corrected chi connectivity index (χ2v) is 9.96. The van der Waals surface area contributed by atoms with Gasteiger partial charge in [-0.2, -0.15) is 0 Å². The summed E-state index contributed by atoms with van der Waals surface area (Å²) in [7, 11) is -1.66. The van der Waals surface area contributed by atoms with Crippen LogP contribution >= 0.6 is 0 Å². The van der Waals surface area contributed by atoms with Gasteiger partial charge in [-0.15, -0.1) is 0 Å². The molecule has 0 bridgehead atoms. The van der Waals surface area contributed by atoms with Crippen LogP contribution in [0.2, 0.25) is 0 Å². The first-order chi connectivity index (χ1) is 14.5. The summed E-state index contributed by atoms with van der Waals surface area (Å²) in [6.45, 7) is 0.164. The number of fused-ring (bicyclic) bond motifs is 2. The number of H-pyrrole nitrogens is 1. The number of anilines is 1. The van der Waals surface area contributed by atoms with E-state index in [1.54, 1.807) is 37.6 Å². The number of aromatic nitrogens is 2. The zero-order valence-corrected chi connectivity index (χ0v) is 17.8. The predicted molar refractivity (Wildman–Crippen MR) is 116 cm³/mol. The molecule has 31 heavy (non-hydrogen) atoms. The smallest absolute Gasteiger partial charge is 0.303 e. The second kappa shape index (κ2) is 7.38. The first kappa shape index (κ1) is 20.9. The fourth-order valence-corrected chi connectivity index (χ4v) is 4.80. The van der Waals surface area contributed by atoms with Crippen LogP contribution in [0.4, 0.5) is 5.69 Å². The van der Waals surface area contributed by atoms with Crippen LogP contribution in [0.5, 0.6) is 0 Å². The van der Waals surface area contributed by atoms with E-state index in [-0.39, 0.29) is 36.6 Å². The SMILES string of the molecule is Cn1cc2c3c(c[nH]c3c1=O)CN(C(=O)CCC(=O)O)c1ccc(CS(C)(=O)=O)cc1-2. The summed E-state index contributed by atoms with van der Waals surface area (Å²) < 4.78 is 25.1. The number of aliphatic carboxylic acids is 1. The number of rotatable bonds is 5. The van der Waals surface area contributed by atoms with E-state index in [0.717, 1.165) is 11.8 Å². The second-order valence-electron chi connectivity index (χ2n) is 7.82. The minimum absolute atomic E-state index is 0.164. The molecule has 1 aliphatic heterocycles. The quantitative estimate of drug-likeness (QED) is 0.618. The fraction of sp³-hybridized carbons (Fsp3) is 0.286. The minimum Gasteiger partial charge on any atom is -0.481 e. The molecule has 1 aliphatic rings. The van der Waals surface area contributed by atoms with E-state index in [2.05, 4.69) is 4.98 Å². The van der Waals surface area contributed by atoms with Gasteiger partial charge in [0.2, 0.25) is 5.91 Å².